The van der Waals surface area contributed by atoms with Crippen molar-refractivity contribution < 1.29 is 19.4 Å². The quantitative estimate of drug-likeness (QED) is 0.274. The van der Waals surface area contributed by atoms with Crippen molar-refractivity contribution >= 4 is 64.3 Å². The molecule has 0 aromatic heterocycles. The van der Waals surface area contributed by atoms with Crippen LogP contribution in [-0.4, -0.2) is 29.9 Å². The summed E-state index contributed by atoms with van der Waals surface area (Å²) < 4.78 is 10.8. The van der Waals surface area contributed by atoms with E-state index >= 15 is 0 Å². The lowest BCUT2D eigenvalue weighted by molar-refractivity contribution is 0.0985. The number of ketones is 1. The lowest BCUT2D eigenvalue weighted by Gasteiger charge is -2.20. The fourth-order valence-electron chi connectivity index (χ4n) is 2.96. The van der Waals surface area contributed by atoms with Crippen molar-refractivity contribution in [3.63, 3.8) is 0 Å². The summed E-state index contributed by atoms with van der Waals surface area (Å²) in [4.78, 5) is 12.3. The minimum Gasteiger partial charge on any atom is -0.506 e. The zero-order chi connectivity index (χ0) is 20.4. The third-order valence-electron chi connectivity index (χ3n) is 4.46. The number of alkyl halides is 2. The van der Waals surface area contributed by atoms with Crippen LogP contribution >= 0.6 is 47.8 Å². The fraction of sp³-hybridized carbons (Fsp3) is 0.190. The van der Waals surface area contributed by atoms with Crippen molar-refractivity contribution in [3.05, 3.63) is 64.1 Å². The lowest BCUT2D eigenvalue weighted by atomic mass is 9.99. The maximum atomic E-state index is 13.2. The molecule has 0 spiro atoms. The van der Waals surface area contributed by atoms with Crippen molar-refractivity contribution in [1.29, 1.82) is 0 Å². The standard InChI is InChI=1S/C21H17Br3O4/c1-27-14-10-15(28-2)18(23)20(25)16(14)21(26)19(24)17(22)13-8-7-11-5-3-4-6-12(11)9-13/h3-10,17,19,25H,1-2H3/t17-,19-/m1/s1. The molecule has 0 bridgehead atoms. The highest BCUT2D eigenvalue weighted by Crippen LogP contribution is 2.45. The van der Waals surface area contributed by atoms with Gasteiger partial charge in [-0.3, -0.25) is 4.79 Å². The predicted octanol–water partition coefficient (Wildman–Crippen LogP) is 6.41. The molecule has 0 radical (unpaired) electrons. The van der Waals surface area contributed by atoms with Crippen molar-refractivity contribution in [2.24, 2.45) is 0 Å². The van der Waals surface area contributed by atoms with Gasteiger partial charge in [0.1, 0.15) is 27.3 Å². The number of carbonyl (C=O) groups excluding carboxylic acids is 1. The van der Waals surface area contributed by atoms with Gasteiger partial charge in [-0.1, -0.05) is 68.3 Å². The molecule has 4 nitrogen and oxygen atoms in total. The Balaban J connectivity index is 1.98. The molecule has 0 amide bonds. The Morgan fingerprint density at radius 1 is 0.964 bits per heavy atom. The molecule has 0 unspecified atom stereocenters. The molecule has 0 aliphatic rings. The Kier molecular flexibility index (Phi) is 6.68. The average molecular weight is 573 g/mol. The molecule has 0 saturated carbocycles. The minimum atomic E-state index is -0.631. The summed E-state index contributed by atoms with van der Waals surface area (Å²) in [6.45, 7) is 0. The van der Waals surface area contributed by atoms with Crippen LogP contribution in [-0.2, 0) is 0 Å². The van der Waals surface area contributed by atoms with Crippen LogP contribution in [0.2, 0.25) is 0 Å². The number of phenols is 1. The molecule has 0 saturated heterocycles. The Labute approximate surface area is 188 Å². The molecular formula is C21H17Br3O4. The highest BCUT2D eigenvalue weighted by atomic mass is 79.9. The van der Waals surface area contributed by atoms with E-state index in [1.807, 2.05) is 42.5 Å². The Bertz CT molecular complexity index is 1040. The third-order valence-corrected chi connectivity index (χ3v) is 7.93. The maximum Gasteiger partial charge on any atom is 0.185 e. The molecule has 146 valence electrons. The van der Waals surface area contributed by atoms with Gasteiger partial charge in [-0.25, -0.2) is 0 Å². The van der Waals surface area contributed by atoms with Gasteiger partial charge in [0.15, 0.2) is 5.78 Å². The number of methoxy groups -OCH3 is 2. The van der Waals surface area contributed by atoms with Crippen LogP contribution in [0.4, 0.5) is 0 Å². The van der Waals surface area contributed by atoms with Gasteiger partial charge < -0.3 is 14.6 Å². The third kappa shape index (κ3) is 3.93. The molecule has 7 heteroatoms. The molecule has 3 aromatic rings. The Hall–Kier alpha value is -1.57. The summed E-state index contributed by atoms with van der Waals surface area (Å²) in [5.74, 6) is 0.0868. The topological polar surface area (TPSA) is 55.8 Å². The molecule has 3 aromatic carbocycles. The normalized spacial score (nSPS) is 13.2. The molecular weight excluding hydrogens is 556 g/mol. The number of halogens is 3. The average Bonchev–Trinajstić information content (AvgIpc) is 2.73. The molecule has 0 aliphatic heterocycles. The number of hydrogen-bond acceptors (Lipinski definition) is 4. The molecule has 3 rings (SSSR count). The number of Topliss-reactive ketones (excluding diaryl/α,β-unsaturated/α-hetero) is 1. The molecule has 0 heterocycles. The van der Waals surface area contributed by atoms with Crippen LogP contribution < -0.4 is 9.47 Å². The second-order valence-corrected chi connectivity index (χ2v) is 8.86. The van der Waals surface area contributed by atoms with Gasteiger partial charge in [-0.15, -0.1) is 0 Å². The van der Waals surface area contributed by atoms with Crippen LogP contribution in [0.3, 0.4) is 0 Å². The van der Waals surface area contributed by atoms with Crippen molar-refractivity contribution in [1.82, 2.24) is 0 Å². The number of aromatic hydroxyl groups is 1. The Morgan fingerprint density at radius 2 is 1.61 bits per heavy atom. The van der Waals surface area contributed by atoms with E-state index in [0.717, 1.165) is 16.3 Å². The van der Waals surface area contributed by atoms with Crippen LogP contribution in [0.1, 0.15) is 20.7 Å². The summed E-state index contributed by atoms with van der Waals surface area (Å²) >= 11 is 10.4. The first kappa shape index (κ1) is 21.1. The number of benzene rings is 3. The first-order chi connectivity index (χ1) is 13.4. The van der Waals surface area contributed by atoms with Crippen LogP contribution in [0.5, 0.6) is 17.2 Å². The van der Waals surface area contributed by atoms with E-state index in [4.69, 9.17) is 9.47 Å². The number of phenolic OH excluding ortho intramolecular Hbond substituents is 1. The van der Waals surface area contributed by atoms with E-state index in [2.05, 4.69) is 47.8 Å². The molecule has 1 N–H and O–H groups in total. The van der Waals surface area contributed by atoms with Gasteiger partial charge in [0.05, 0.1) is 23.9 Å². The van der Waals surface area contributed by atoms with Gasteiger partial charge in [-0.2, -0.15) is 0 Å². The zero-order valence-electron chi connectivity index (χ0n) is 15.1. The van der Waals surface area contributed by atoms with E-state index in [0.29, 0.717) is 10.2 Å². The first-order valence-electron chi connectivity index (χ1n) is 8.33. The number of rotatable bonds is 6. The number of carbonyl (C=O) groups is 1. The van der Waals surface area contributed by atoms with E-state index in [1.165, 1.54) is 14.2 Å². The summed E-state index contributed by atoms with van der Waals surface area (Å²) in [6.07, 6.45) is 0. The van der Waals surface area contributed by atoms with E-state index in [1.54, 1.807) is 6.07 Å². The second kappa shape index (κ2) is 8.84. The smallest absolute Gasteiger partial charge is 0.185 e. The van der Waals surface area contributed by atoms with Crippen LogP contribution in [0.25, 0.3) is 10.8 Å². The predicted molar refractivity (Wildman–Crippen MR) is 122 cm³/mol. The highest BCUT2D eigenvalue weighted by Gasteiger charge is 2.32. The number of hydrogen-bond donors (Lipinski definition) is 1. The monoisotopic (exact) mass is 570 g/mol. The van der Waals surface area contributed by atoms with Gasteiger partial charge >= 0.3 is 0 Å². The highest BCUT2D eigenvalue weighted by molar-refractivity contribution is 9.12. The van der Waals surface area contributed by atoms with Gasteiger partial charge in [0.25, 0.3) is 0 Å². The number of ether oxygens (including phenoxy) is 2. The van der Waals surface area contributed by atoms with Crippen molar-refractivity contribution in [3.8, 4) is 17.2 Å². The maximum absolute atomic E-state index is 13.2. The second-order valence-electron chi connectivity index (χ2n) is 6.09. The zero-order valence-corrected chi connectivity index (χ0v) is 19.8. The summed E-state index contributed by atoms with van der Waals surface area (Å²) in [6, 6.07) is 15.6. The molecule has 0 aliphatic carbocycles. The molecule has 2 atom stereocenters. The van der Waals surface area contributed by atoms with Gasteiger partial charge in [-0.05, 0) is 38.3 Å². The van der Waals surface area contributed by atoms with Crippen LogP contribution in [0, 0.1) is 0 Å². The first-order valence-corrected chi connectivity index (χ1v) is 11.0. The van der Waals surface area contributed by atoms with E-state index in [9.17, 15) is 9.90 Å². The van der Waals surface area contributed by atoms with Crippen LogP contribution in [0.15, 0.2) is 53.0 Å². The SMILES string of the molecule is COc1cc(OC)c(C(=O)[C@H](Br)[C@H](Br)c2ccc3ccccc3c2)c(O)c1Br. The van der Waals surface area contributed by atoms with Gasteiger partial charge in [0.2, 0.25) is 0 Å². The van der Waals surface area contributed by atoms with Crippen molar-refractivity contribution in [2.75, 3.05) is 14.2 Å². The summed E-state index contributed by atoms with van der Waals surface area (Å²) in [5, 5.41) is 12.8. The van der Waals surface area contributed by atoms with Crippen molar-refractivity contribution in [2.45, 2.75) is 9.65 Å². The molecule has 0 fully saturated rings. The van der Waals surface area contributed by atoms with E-state index < -0.39 is 4.83 Å². The summed E-state index contributed by atoms with van der Waals surface area (Å²) in [5.41, 5.74) is 1.03. The number of fused-ring (bicyclic) bond motifs is 1. The summed E-state index contributed by atoms with van der Waals surface area (Å²) in [7, 11) is 2.92. The molecule has 28 heavy (non-hydrogen) atoms. The minimum absolute atomic E-state index is 0.0855. The van der Waals surface area contributed by atoms with Gasteiger partial charge in [0, 0.05) is 6.07 Å². The fourth-order valence-corrected chi connectivity index (χ4v) is 4.50. The van der Waals surface area contributed by atoms with E-state index in [-0.39, 0.29) is 27.7 Å². The lowest BCUT2D eigenvalue weighted by Crippen LogP contribution is -2.20. The largest absolute Gasteiger partial charge is 0.506 e. The Morgan fingerprint density at radius 3 is 2.25 bits per heavy atom.